The van der Waals surface area contributed by atoms with E-state index in [1.165, 1.54) is 6.07 Å². The first-order chi connectivity index (χ1) is 15.8. The number of amides is 2. The fraction of sp³-hybridized carbons (Fsp3) is 0.167. The maximum Gasteiger partial charge on any atom is 0.338 e. The number of pyridine rings is 1. The Morgan fingerprint density at radius 1 is 1.09 bits per heavy atom. The van der Waals surface area contributed by atoms with Crippen LogP contribution in [0.1, 0.15) is 56.5 Å². The molecular formula is C24H22N4O5. The van der Waals surface area contributed by atoms with Crippen molar-refractivity contribution in [2.45, 2.75) is 19.9 Å². The molecule has 1 unspecified atom stereocenters. The van der Waals surface area contributed by atoms with Crippen LogP contribution in [0.3, 0.4) is 0 Å². The number of rotatable bonds is 6. The summed E-state index contributed by atoms with van der Waals surface area (Å²) in [5, 5.41) is 5.47. The number of aromatic nitrogens is 1. The summed E-state index contributed by atoms with van der Waals surface area (Å²) in [6, 6.07) is 15.2. The normalized spacial score (nSPS) is 13.3. The van der Waals surface area contributed by atoms with E-state index in [4.69, 9.17) is 10.5 Å². The molecule has 33 heavy (non-hydrogen) atoms. The van der Waals surface area contributed by atoms with Crippen LogP contribution in [0.2, 0.25) is 0 Å². The summed E-state index contributed by atoms with van der Waals surface area (Å²) in [6.45, 7) is 3.82. The molecule has 0 saturated heterocycles. The van der Waals surface area contributed by atoms with Crippen LogP contribution >= 0.6 is 0 Å². The minimum Gasteiger partial charge on any atom is -0.462 e. The number of nitrogens with two attached hydrogens (primary N) is 1. The van der Waals surface area contributed by atoms with Crippen molar-refractivity contribution in [3.63, 3.8) is 0 Å². The Morgan fingerprint density at radius 3 is 2.52 bits per heavy atom. The lowest BCUT2D eigenvalue weighted by Gasteiger charge is -2.21. The second-order valence-corrected chi connectivity index (χ2v) is 7.50. The van der Waals surface area contributed by atoms with Gasteiger partial charge in [0.2, 0.25) is 0 Å². The predicted molar refractivity (Wildman–Crippen MR) is 123 cm³/mol. The largest absolute Gasteiger partial charge is 0.462 e. The van der Waals surface area contributed by atoms with E-state index in [2.05, 4.69) is 10.6 Å². The van der Waals surface area contributed by atoms with Crippen molar-refractivity contribution in [1.82, 2.24) is 9.88 Å². The number of esters is 1. The zero-order valence-electron chi connectivity index (χ0n) is 18.0. The van der Waals surface area contributed by atoms with Crippen molar-refractivity contribution >= 4 is 29.3 Å². The van der Waals surface area contributed by atoms with Crippen LogP contribution < -0.4 is 21.9 Å². The average Bonchev–Trinajstić information content (AvgIpc) is 3.08. The lowest BCUT2D eigenvalue weighted by molar-refractivity contribution is 0.0526. The van der Waals surface area contributed by atoms with Crippen LogP contribution in [-0.4, -0.2) is 29.0 Å². The van der Waals surface area contributed by atoms with E-state index in [-0.39, 0.29) is 40.8 Å². The number of carbonyl (C=O) groups excluding carboxylic acids is 3. The molecule has 1 atom stereocenters. The van der Waals surface area contributed by atoms with Gasteiger partial charge in [-0.2, -0.15) is 0 Å². The molecule has 2 aromatic carbocycles. The summed E-state index contributed by atoms with van der Waals surface area (Å²) in [5.41, 5.74) is 7.40. The highest BCUT2D eigenvalue weighted by atomic mass is 16.5. The van der Waals surface area contributed by atoms with Crippen molar-refractivity contribution in [3.8, 4) is 5.69 Å². The summed E-state index contributed by atoms with van der Waals surface area (Å²) in [4.78, 5) is 49.7. The lowest BCUT2D eigenvalue weighted by atomic mass is 10.1. The van der Waals surface area contributed by atoms with Gasteiger partial charge in [-0.3, -0.25) is 24.3 Å². The van der Waals surface area contributed by atoms with Gasteiger partial charge in [0, 0.05) is 12.1 Å². The molecule has 3 aromatic rings. The lowest BCUT2D eigenvalue weighted by Crippen LogP contribution is -2.25. The molecule has 9 nitrogen and oxygen atoms in total. The maximum atomic E-state index is 13.0. The van der Waals surface area contributed by atoms with E-state index in [1.807, 2.05) is 37.3 Å². The monoisotopic (exact) mass is 446 g/mol. The number of ether oxygens (including phenoxy) is 1. The van der Waals surface area contributed by atoms with E-state index in [0.29, 0.717) is 5.69 Å². The van der Waals surface area contributed by atoms with Gasteiger partial charge in [0.05, 0.1) is 34.7 Å². The van der Waals surface area contributed by atoms with Gasteiger partial charge in [0.1, 0.15) is 5.82 Å². The number of nitrogens with zero attached hydrogens (tertiary/aromatic N) is 1. The van der Waals surface area contributed by atoms with E-state index >= 15 is 0 Å². The van der Waals surface area contributed by atoms with Crippen LogP contribution in [0.4, 0.5) is 11.5 Å². The Balaban J connectivity index is 1.89. The fourth-order valence-electron chi connectivity index (χ4n) is 3.77. The van der Waals surface area contributed by atoms with E-state index in [1.54, 1.807) is 19.1 Å². The predicted octanol–water partition coefficient (Wildman–Crippen LogP) is 2.65. The van der Waals surface area contributed by atoms with Gasteiger partial charge >= 0.3 is 5.97 Å². The molecule has 0 spiro atoms. The van der Waals surface area contributed by atoms with Crippen molar-refractivity contribution in [2.75, 3.05) is 17.7 Å². The molecule has 1 aromatic heterocycles. The standard InChI is InChI=1S/C24H22N4O5/c1-3-33-24(32)15-9-10-17(26-13(2)14-7-5-4-6-8-14)18(11-15)28-19(29)12-16-20(21(28)25)23(31)27-22(16)30/h4-13,26H,3,25H2,1-2H3,(H,27,30,31). The van der Waals surface area contributed by atoms with Crippen LogP contribution in [0.5, 0.6) is 0 Å². The number of imide groups is 1. The molecule has 4 rings (SSSR count). The molecule has 168 valence electrons. The molecule has 0 fully saturated rings. The van der Waals surface area contributed by atoms with Gasteiger partial charge in [0.25, 0.3) is 17.4 Å². The topological polar surface area (TPSA) is 133 Å². The van der Waals surface area contributed by atoms with Gasteiger partial charge in [-0.25, -0.2) is 4.79 Å². The number of hydrogen-bond acceptors (Lipinski definition) is 7. The Labute approximate surface area is 189 Å². The van der Waals surface area contributed by atoms with E-state index in [0.717, 1.165) is 16.2 Å². The van der Waals surface area contributed by atoms with E-state index in [9.17, 15) is 19.2 Å². The van der Waals surface area contributed by atoms with Gasteiger partial charge in [-0.15, -0.1) is 0 Å². The van der Waals surface area contributed by atoms with Crippen LogP contribution in [0.15, 0.2) is 59.4 Å². The SMILES string of the molecule is CCOC(=O)c1ccc(NC(C)c2ccccc2)c(-n2c(N)c3c(cc2=O)C(=O)NC3=O)c1. The van der Waals surface area contributed by atoms with Crippen molar-refractivity contribution in [3.05, 3.63) is 87.2 Å². The first kappa shape index (κ1) is 21.8. The third-order valence-electron chi connectivity index (χ3n) is 5.37. The van der Waals surface area contributed by atoms with Gasteiger partial charge in [0.15, 0.2) is 0 Å². The quantitative estimate of drug-likeness (QED) is 0.392. The Morgan fingerprint density at radius 2 is 1.82 bits per heavy atom. The average molecular weight is 446 g/mol. The number of nitrogens with one attached hydrogen (secondary N) is 2. The molecule has 0 saturated carbocycles. The molecule has 4 N–H and O–H groups in total. The number of hydrogen-bond donors (Lipinski definition) is 3. The zero-order chi connectivity index (χ0) is 23.7. The molecule has 1 aliphatic rings. The second kappa shape index (κ2) is 8.62. The van der Waals surface area contributed by atoms with Gasteiger partial charge < -0.3 is 15.8 Å². The molecule has 0 bridgehead atoms. The molecule has 1 aliphatic heterocycles. The first-order valence-corrected chi connectivity index (χ1v) is 10.4. The van der Waals surface area contributed by atoms with Gasteiger partial charge in [-0.1, -0.05) is 30.3 Å². The summed E-state index contributed by atoms with van der Waals surface area (Å²) in [7, 11) is 0. The summed E-state index contributed by atoms with van der Waals surface area (Å²) in [5.74, 6) is -2.13. The van der Waals surface area contributed by atoms with Crippen molar-refractivity contribution in [2.24, 2.45) is 0 Å². The summed E-state index contributed by atoms with van der Waals surface area (Å²) in [6.07, 6.45) is 0. The third kappa shape index (κ3) is 3.96. The zero-order valence-corrected chi connectivity index (χ0v) is 18.0. The Bertz CT molecular complexity index is 1330. The van der Waals surface area contributed by atoms with Gasteiger partial charge in [-0.05, 0) is 37.6 Å². The number of fused-ring (bicyclic) bond motifs is 1. The molecule has 0 aliphatic carbocycles. The van der Waals surface area contributed by atoms with Crippen LogP contribution in [0.25, 0.3) is 5.69 Å². The van der Waals surface area contributed by atoms with Crippen LogP contribution in [-0.2, 0) is 4.74 Å². The summed E-state index contributed by atoms with van der Waals surface area (Å²) >= 11 is 0. The first-order valence-electron chi connectivity index (χ1n) is 10.4. The smallest absolute Gasteiger partial charge is 0.338 e. The third-order valence-corrected chi connectivity index (χ3v) is 5.37. The number of anilines is 2. The molecular weight excluding hydrogens is 424 g/mol. The van der Waals surface area contributed by atoms with E-state index < -0.39 is 23.3 Å². The summed E-state index contributed by atoms with van der Waals surface area (Å²) < 4.78 is 6.20. The minimum atomic E-state index is -0.685. The van der Waals surface area contributed by atoms with Crippen LogP contribution in [0, 0.1) is 0 Å². The molecule has 9 heteroatoms. The maximum absolute atomic E-state index is 13.0. The molecule has 2 amide bonds. The number of carbonyl (C=O) groups is 3. The van der Waals surface area contributed by atoms with Crippen molar-refractivity contribution < 1.29 is 19.1 Å². The molecule has 2 heterocycles. The fourth-order valence-corrected chi connectivity index (χ4v) is 3.77. The number of nitrogen functional groups attached to an aromatic ring is 1. The van der Waals surface area contributed by atoms with Crippen molar-refractivity contribution in [1.29, 1.82) is 0 Å². The highest BCUT2D eigenvalue weighted by Gasteiger charge is 2.32. The minimum absolute atomic E-state index is 0.0764. The Kier molecular flexibility index (Phi) is 5.70. The number of benzene rings is 2. The Hall–Kier alpha value is -4.40. The molecule has 0 radical (unpaired) electrons. The second-order valence-electron chi connectivity index (χ2n) is 7.50. The highest BCUT2D eigenvalue weighted by molar-refractivity contribution is 6.23. The highest BCUT2D eigenvalue weighted by Crippen LogP contribution is 2.30.